The SMILES string of the molecule is [3H]N(c1ccccc1C(=O)N(c1ccccc1)C(F)(F)F)C([3H])([3H])c1ccncc1. The van der Waals surface area contributed by atoms with Crippen LogP contribution in [0.2, 0.25) is 1.41 Å². The lowest BCUT2D eigenvalue weighted by Crippen LogP contribution is -2.43. The van der Waals surface area contributed by atoms with Crippen LogP contribution in [-0.4, -0.2) is 17.2 Å². The lowest BCUT2D eigenvalue weighted by molar-refractivity contribution is -0.122. The van der Waals surface area contributed by atoms with Crippen LogP contribution in [0.25, 0.3) is 0 Å². The molecule has 0 spiro atoms. The Kier molecular flexibility index (Phi) is 4.33. The Morgan fingerprint density at radius 1 is 1.04 bits per heavy atom. The van der Waals surface area contributed by atoms with Crippen molar-refractivity contribution in [1.29, 1.82) is 0 Å². The Morgan fingerprint density at radius 3 is 2.33 bits per heavy atom. The Morgan fingerprint density at radius 2 is 1.67 bits per heavy atom. The molecule has 1 N–H and O–H groups in total. The van der Waals surface area contributed by atoms with Gasteiger partial charge in [-0.15, -0.1) is 13.2 Å². The second-order valence-corrected chi connectivity index (χ2v) is 5.42. The van der Waals surface area contributed by atoms with E-state index in [2.05, 4.69) is 4.98 Å². The number of para-hydroxylation sites is 2. The van der Waals surface area contributed by atoms with E-state index in [0.717, 1.165) is 18.2 Å². The number of rotatable bonds is 5. The number of alkyl halides is 3. The normalized spacial score (nSPS) is 13.2. The van der Waals surface area contributed by atoms with E-state index in [1.165, 1.54) is 60.9 Å². The lowest BCUT2D eigenvalue weighted by atomic mass is 10.1. The first-order valence-corrected chi connectivity index (χ1v) is 7.89. The number of nitrogens with zero attached hydrogens (tertiary/aromatic N) is 2. The molecule has 0 radical (unpaired) electrons. The van der Waals surface area contributed by atoms with Gasteiger partial charge in [-0.1, -0.05) is 30.3 Å². The number of halogens is 3. The minimum Gasteiger partial charge on any atom is -0.380 e. The number of anilines is 2. The van der Waals surface area contributed by atoms with Crippen LogP contribution < -0.4 is 10.2 Å². The Bertz CT molecular complexity index is 1020. The third kappa shape index (κ3) is 4.44. The van der Waals surface area contributed by atoms with Crippen molar-refractivity contribution in [2.24, 2.45) is 0 Å². The molecule has 7 heteroatoms. The molecular weight excluding hydrogens is 355 g/mol. The molecule has 1 amide bonds. The molecule has 1 aromatic heterocycles. The zero-order valence-electron chi connectivity index (χ0n) is 16.9. The maximum absolute atomic E-state index is 13.7. The summed E-state index contributed by atoms with van der Waals surface area (Å²) in [5.74, 6) is -1.42. The molecule has 0 aliphatic rings. The Balaban J connectivity index is 2.07. The minimum absolute atomic E-state index is 0.0606. The number of carbonyl (C=O) groups is 1. The fraction of sp³-hybridized carbons (Fsp3) is 0.100. The molecule has 0 saturated carbocycles. The summed E-state index contributed by atoms with van der Waals surface area (Å²) in [7, 11) is 0. The first-order chi connectivity index (χ1) is 14.1. The Labute approximate surface area is 158 Å². The van der Waals surface area contributed by atoms with Crippen LogP contribution in [0.1, 0.15) is 18.7 Å². The summed E-state index contributed by atoms with van der Waals surface area (Å²) >= 11 is 0. The van der Waals surface area contributed by atoms with E-state index in [4.69, 9.17) is 4.15 Å². The fourth-order valence-electron chi connectivity index (χ4n) is 2.38. The minimum atomic E-state index is -5.03. The van der Waals surface area contributed by atoms with Gasteiger partial charge in [-0.25, -0.2) is 4.90 Å². The molecular formula is C20H16F3N3O. The van der Waals surface area contributed by atoms with E-state index in [9.17, 15) is 18.0 Å². The van der Waals surface area contributed by atoms with Crippen molar-refractivity contribution in [2.45, 2.75) is 12.8 Å². The van der Waals surface area contributed by atoms with Gasteiger partial charge in [0.2, 0.25) is 0 Å². The van der Waals surface area contributed by atoms with Crippen LogP contribution >= 0.6 is 0 Å². The second kappa shape index (κ2) is 7.90. The standard InChI is InChI=1S/C20H16F3N3O/c21-20(22,23)26(16-6-2-1-3-7-16)19(27)17-8-4-5-9-18(17)25-14-15-10-12-24-13-11-15/h1-13,25H,14H2/i14T2/hT. The van der Waals surface area contributed by atoms with Crippen molar-refractivity contribution in [3.8, 4) is 0 Å². The van der Waals surface area contributed by atoms with Gasteiger partial charge >= 0.3 is 6.30 Å². The molecule has 0 fully saturated rings. The largest absolute Gasteiger partial charge is 0.491 e. The summed E-state index contributed by atoms with van der Waals surface area (Å²) in [5.41, 5.74) is -1.11. The maximum Gasteiger partial charge on any atom is 0.491 e. The van der Waals surface area contributed by atoms with E-state index in [1.54, 1.807) is 0 Å². The van der Waals surface area contributed by atoms with Gasteiger partial charge in [-0.2, -0.15) is 0 Å². The van der Waals surface area contributed by atoms with Crippen molar-refractivity contribution >= 4 is 17.3 Å². The number of nitrogens with one attached hydrogen (secondary N) is 1. The summed E-state index contributed by atoms with van der Waals surface area (Å²) < 4.78 is 66.0. The van der Waals surface area contributed by atoms with Gasteiger partial charge in [-0.3, -0.25) is 9.78 Å². The zero-order valence-corrected chi connectivity index (χ0v) is 13.9. The van der Waals surface area contributed by atoms with Crippen molar-refractivity contribution in [2.75, 3.05) is 10.2 Å². The van der Waals surface area contributed by atoms with E-state index in [1.807, 2.05) is 0 Å². The van der Waals surface area contributed by atoms with E-state index in [0.29, 0.717) is 5.31 Å². The van der Waals surface area contributed by atoms with Crippen molar-refractivity contribution < 1.29 is 22.1 Å². The molecule has 0 bridgehead atoms. The number of carbonyl (C=O) groups excluding carboxylic acids is 1. The van der Waals surface area contributed by atoms with Crippen molar-refractivity contribution in [1.82, 2.24) is 4.98 Å². The number of hydrogen-bond donors (Lipinski definition) is 1. The van der Waals surface area contributed by atoms with Gasteiger partial charge in [0.25, 0.3) is 5.91 Å². The van der Waals surface area contributed by atoms with Gasteiger partial charge in [0.1, 0.15) is 0 Å². The molecule has 0 atom stereocenters. The van der Waals surface area contributed by atoms with Crippen molar-refractivity contribution in [3.05, 3.63) is 90.3 Å². The third-order valence-corrected chi connectivity index (χ3v) is 3.59. The van der Waals surface area contributed by atoms with Gasteiger partial charge in [0.05, 0.1) is 14.0 Å². The monoisotopic (exact) mass is 377 g/mol. The predicted molar refractivity (Wildman–Crippen MR) is 97.3 cm³/mol. The Hall–Kier alpha value is -3.35. The third-order valence-electron chi connectivity index (χ3n) is 3.59. The van der Waals surface area contributed by atoms with Gasteiger partial charge < -0.3 is 5.31 Å². The molecule has 0 saturated heterocycles. The van der Waals surface area contributed by atoms with Crippen LogP contribution in [0.5, 0.6) is 0 Å². The average molecular weight is 377 g/mol. The molecule has 0 aliphatic heterocycles. The first-order valence-electron chi connectivity index (χ1n) is 9.33. The summed E-state index contributed by atoms with van der Waals surface area (Å²) in [6, 6.07) is 14.3. The number of benzene rings is 2. The molecule has 0 unspecified atom stereocenters. The molecule has 1 heterocycles. The topological polar surface area (TPSA) is 45.2 Å². The molecule has 3 rings (SSSR count). The lowest BCUT2D eigenvalue weighted by Gasteiger charge is -2.26. The number of hydrogen-bond acceptors (Lipinski definition) is 3. The highest BCUT2D eigenvalue weighted by atomic mass is 19.4. The van der Waals surface area contributed by atoms with Gasteiger partial charge in [0, 0.05) is 24.6 Å². The highest BCUT2D eigenvalue weighted by Gasteiger charge is 2.43. The highest BCUT2D eigenvalue weighted by Crippen LogP contribution is 2.31. The van der Waals surface area contributed by atoms with Crippen LogP contribution in [0, 0.1) is 0 Å². The number of aromatic nitrogens is 1. The van der Waals surface area contributed by atoms with Crippen LogP contribution in [0.3, 0.4) is 0 Å². The molecule has 27 heavy (non-hydrogen) atoms. The smallest absolute Gasteiger partial charge is 0.380 e. The summed E-state index contributed by atoms with van der Waals surface area (Å²) in [6.45, 7) is -2.44. The quantitative estimate of drug-likeness (QED) is 0.646. The second-order valence-electron chi connectivity index (χ2n) is 5.42. The summed E-state index contributed by atoms with van der Waals surface area (Å²) in [5, 5.41) is 0.384. The predicted octanol–water partition coefficient (Wildman–Crippen LogP) is 4.86. The number of amides is 1. The molecule has 4 nitrogen and oxygen atoms in total. The number of pyridine rings is 1. The maximum atomic E-state index is 13.7. The van der Waals surface area contributed by atoms with Gasteiger partial charge in [0.15, 0.2) is 1.41 Å². The van der Waals surface area contributed by atoms with Crippen LogP contribution in [-0.2, 0) is 6.50 Å². The summed E-state index contributed by atoms with van der Waals surface area (Å²) in [4.78, 5) is 16.4. The summed E-state index contributed by atoms with van der Waals surface area (Å²) in [6.07, 6.45) is -2.36. The molecule has 3 aromatic rings. The van der Waals surface area contributed by atoms with E-state index >= 15 is 0 Å². The van der Waals surface area contributed by atoms with Gasteiger partial charge in [-0.05, 0) is 42.0 Å². The first kappa shape index (κ1) is 14.8. The fourth-order valence-corrected chi connectivity index (χ4v) is 2.38. The van der Waals surface area contributed by atoms with E-state index < -0.39 is 30.0 Å². The molecule has 138 valence electrons. The average Bonchev–Trinajstić information content (AvgIpc) is 2.73. The zero-order chi connectivity index (χ0) is 21.9. The molecule has 2 aromatic carbocycles. The van der Waals surface area contributed by atoms with Crippen LogP contribution in [0.4, 0.5) is 24.5 Å². The molecule has 0 aliphatic carbocycles. The highest BCUT2D eigenvalue weighted by molar-refractivity contribution is 6.10. The van der Waals surface area contributed by atoms with Crippen molar-refractivity contribution in [3.63, 3.8) is 0 Å². The van der Waals surface area contributed by atoms with E-state index in [-0.39, 0.29) is 16.2 Å². The van der Waals surface area contributed by atoms with Crippen LogP contribution in [0.15, 0.2) is 79.1 Å².